The highest BCUT2D eigenvalue weighted by molar-refractivity contribution is 7.96. The topological polar surface area (TPSA) is 58.6 Å². The Labute approximate surface area is 154 Å². The van der Waals surface area contributed by atoms with E-state index in [0.29, 0.717) is 18.7 Å². The summed E-state index contributed by atoms with van der Waals surface area (Å²) in [6.45, 7) is 6.86. The Morgan fingerprint density at radius 3 is 2.32 bits per heavy atom. The van der Waals surface area contributed by atoms with Crippen molar-refractivity contribution in [3.63, 3.8) is 0 Å². The van der Waals surface area contributed by atoms with E-state index in [1.807, 2.05) is 0 Å². The maximum absolute atomic E-state index is 11.1. The van der Waals surface area contributed by atoms with Crippen LogP contribution in [0.1, 0.15) is 43.0 Å². The molecule has 0 fully saturated rings. The highest BCUT2D eigenvalue weighted by Crippen LogP contribution is 2.34. The Balaban J connectivity index is 2.36. The molecule has 0 aromatic heterocycles. The number of phenolic OH excluding ortho intramolecular Hbond substituents is 1. The first-order valence-electron chi connectivity index (χ1n) is 8.16. The average Bonchev–Trinajstić information content (AvgIpc) is 2.54. The summed E-state index contributed by atoms with van der Waals surface area (Å²) in [6, 6.07) is 11.8. The third kappa shape index (κ3) is 4.92. The van der Waals surface area contributed by atoms with Gasteiger partial charge in [-0.15, -0.1) is 0 Å². The predicted octanol–water partition coefficient (Wildman–Crippen LogP) is 4.43. The van der Waals surface area contributed by atoms with Gasteiger partial charge in [-0.2, -0.15) is 0 Å². The van der Waals surface area contributed by atoms with Gasteiger partial charge in [0.2, 0.25) is 0 Å². The van der Waals surface area contributed by atoms with Crippen molar-refractivity contribution in [2.45, 2.75) is 39.2 Å². The van der Waals surface area contributed by atoms with E-state index < -0.39 is 5.24 Å². The van der Waals surface area contributed by atoms with Crippen LogP contribution >= 0.6 is 12.6 Å². The van der Waals surface area contributed by atoms with Crippen LogP contribution in [0.25, 0.3) is 0 Å². The molecule has 134 valence electrons. The number of nitrogens with one attached hydrogen (secondary N) is 1. The lowest BCUT2D eigenvalue weighted by Gasteiger charge is -2.20. The van der Waals surface area contributed by atoms with Gasteiger partial charge in [0.05, 0.1) is 7.11 Å². The molecule has 2 rings (SSSR count). The van der Waals surface area contributed by atoms with E-state index in [0.717, 1.165) is 16.7 Å². The number of rotatable bonds is 5. The van der Waals surface area contributed by atoms with Crippen molar-refractivity contribution in [2.24, 2.45) is 0 Å². The number of phenols is 1. The molecular weight excluding hydrogens is 334 g/mol. The van der Waals surface area contributed by atoms with Crippen molar-refractivity contribution in [3.05, 3.63) is 58.7 Å². The molecule has 0 saturated carbocycles. The molecule has 0 aliphatic carbocycles. The molecule has 0 unspecified atom stereocenters. The second kappa shape index (κ2) is 7.83. The van der Waals surface area contributed by atoms with Crippen LogP contribution in [0.4, 0.5) is 4.79 Å². The zero-order valence-corrected chi connectivity index (χ0v) is 16.0. The van der Waals surface area contributed by atoms with E-state index in [1.165, 1.54) is 12.7 Å². The standard InChI is InChI=1S/C20H25NO3S/c1-20(2,3)15-8-5-13(6-9-15)11-16-14(12-21-19(23)25)7-10-17(22)18(16)24-4/h5-10,22H,11-12H2,1-4H3,(H2,21,23,25). The van der Waals surface area contributed by atoms with Gasteiger partial charge in [-0.1, -0.05) is 63.7 Å². The molecule has 0 aliphatic heterocycles. The zero-order valence-electron chi connectivity index (χ0n) is 15.1. The summed E-state index contributed by atoms with van der Waals surface area (Å²) >= 11 is 3.74. The predicted molar refractivity (Wildman–Crippen MR) is 104 cm³/mol. The Morgan fingerprint density at radius 1 is 1.16 bits per heavy atom. The molecule has 0 aliphatic rings. The van der Waals surface area contributed by atoms with Crippen molar-refractivity contribution in [2.75, 3.05) is 7.11 Å². The van der Waals surface area contributed by atoms with Gasteiger partial charge in [-0.25, -0.2) is 0 Å². The third-order valence-corrected chi connectivity index (χ3v) is 4.33. The number of carbonyl (C=O) groups is 1. The fourth-order valence-corrected chi connectivity index (χ4v) is 2.82. The van der Waals surface area contributed by atoms with Crippen LogP contribution in [0.15, 0.2) is 36.4 Å². The first-order valence-corrected chi connectivity index (χ1v) is 8.61. The molecule has 0 spiro atoms. The van der Waals surface area contributed by atoms with E-state index in [1.54, 1.807) is 12.1 Å². The van der Waals surface area contributed by atoms with Gasteiger partial charge in [0.1, 0.15) is 0 Å². The summed E-state index contributed by atoms with van der Waals surface area (Å²) in [5, 5.41) is 12.4. The van der Waals surface area contributed by atoms with E-state index in [9.17, 15) is 9.90 Å². The lowest BCUT2D eigenvalue weighted by Crippen LogP contribution is -2.17. The molecule has 4 nitrogen and oxygen atoms in total. The summed E-state index contributed by atoms with van der Waals surface area (Å²) in [7, 11) is 1.53. The van der Waals surface area contributed by atoms with E-state index in [4.69, 9.17) is 4.74 Å². The summed E-state index contributed by atoms with van der Waals surface area (Å²) in [4.78, 5) is 11.1. The normalized spacial score (nSPS) is 11.2. The lowest BCUT2D eigenvalue weighted by molar-refractivity contribution is 0.260. The molecule has 0 radical (unpaired) electrons. The van der Waals surface area contributed by atoms with Crippen LogP contribution in [0, 0.1) is 0 Å². The van der Waals surface area contributed by atoms with Gasteiger partial charge in [0.25, 0.3) is 5.24 Å². The number of hydrogen-bond donors (Lipinski definition) is 3. The second-order valence-corrected chi connectivity index (χ2v) is 7.44. The van der Waals surface area contributed by atoms with Crippen molar-refractivity contribution in [1.29, 1.82) is 0 Å². The minimum atomic E-state index is -0.396. The first-order chi connectivity index (χ1) is 11.7. The first kappa shape index (κ1) is 19.2. The molecule has 5 heteroatoms. The van der Waals surface area contributed by atoms with Gasteiger partial charge >= 0.3 is 0 Å². The monoisotopic (exact) mass is 359 g/mol. The number of benzene rings is 2. The van der Waals surface area contributed by atoms with Crippen LogP contribution in [-0.4, -0.2) is 17.5 Å². The minimum Gasteiger partial charge on any atom is -0.504 e. The highest BCUT2D eigenvalue weighted by atomic mass is 32.1. The van der Waals surface area contributed by atoms with Crippen LogP contribution in [0.3, 0.4) is 0 Å². The van der Waals surface area contributed by atoms with Crippen molar-refractivity contribution in [3.8, 4) is 11.5 Å². The number of thiol groups is 1. The second-order valence-electron chi connectivity index (χ2n) is 7.04. The number of ether oxygens (including phenoxy) is 1. The Hall–Kier alpha value is -2.14. The average molecular weight is 359 g/mol. The van der Waals surface area contributed by atoms with Crippen LogP contribution in [0.5, 0.6) is 11.5 Å². The van der Waals surface area contributed by atoms with Crippen molar-refractivity contribution >= 4 is 17.9 Å². The maximum atomic E-state index is 11.1. The molecule has 0 atom stereocenters. The zero-order chi connectivity index (χ0) is 18.6. The van der Waals surface area contributed by atoms with Crippen molar-refractivity contribution in [1.82, 2.24) is 5.32 Å². The molecule has 2 aromatic carbocycles. The Bertz CT molecular complexity index is 749. The van der Waals surface area contributed by atoms with E-state index >= 15 is 0 Å². The molecule has 1 amide bonds. The third-order valence-electron chi connectivity index (χ3n) is 4.17. The SMILES string of the molecule is COc1c(O)ccc(CNC(=O)S)c1Cc1ccc(C(C)(C)C)cc1. The molecule has 2 N–H and O–H groups in total. The van der Waals surface area contributed by atoms with Gasteiger partial charge in [-0.3, -0.25) is 4.79 Å². The van der Waals surface area contributed by atoms with Crippen LogP contribution < -0.4 is 10.1 Å². The summed E-state index contributed by atoms with van der Waals surface area (Å²) in [6.07, 6.45) is 0.597. The van der Waals surface area contributed by atoms with Crippen LogP contribution in [0.2, 0.25) is 0 Å². The van der Waals surface area contributed by atoms with Crippen LogP contribution in [-0.2, 0) is 18.4 Å². The highest BCUT2D eigenvalue weighted by Gasteiger charge is 2.16. The van der Waals surface area contributed by atoms with Crippen molar-refractivity contribution < 1.29 is 14.6 Å². The largest absolute Gasteiger partial charge is 0.504 e. The van der Waals surface area contributed by atoms with Gasteiger partial charge in [0.15, 0.2) is 11.5 Å². The quantitative estimate of drug-likeness (QED) is 0.692. The van der Waals surface area contributed by atoms with Gasteiger partial charge < -0.3 is 15.2 Å². The number of hydrogen-bond acceptors (Lipinski definition) is 3. The fourth-order valence-electron chi connectivity index (χ4n) is 2.74. The fraction of sp³-hybridized carbons (Fsp3) is 0.350. The minimum absolute atomic E-state index is 0.0877. The summed E-state index contributed by atoms with van der Waals surface area (Å²) < 4.78 is 5.39. The van der Waals surface area contributed by atoms with Gasteiger partial charge in [0, 0.05) is 18.5 Å². The molecule has 0 heterocycles. The van der Waals surface area contributed by atoms with E-state index in [-0.39, 0.29) is 11.2 Å². The molecule has 0 saturated heterocycles. The summed E-state index contributed by atoms with van der Waals surface area (Å²) in [5.41, 5.74) is 4.21. The lowest BCUT2D eigenvalue weighted by atomic mass is 9.86. The Morgan fingerprint density at radius 2 is 1.80 bits per heavy atom. The molecule has 2 aromatic rings. The number of amides is 1. The number of carbonyl (C=O) groups excluding carboxylic acids is 1. The Kier molecular flexibility index (Phi) is 6.01. The van der Waals surface area contributed by atoms with Gasteiger partial charge in [-0.05, 0) is 28.2 Å². The summed E-state index contributed by atoms with van der Waals surface area (Å²) in [5.74, 6) is 0.524. The molecule has 0 bridgehead atoms. The maximum Gasteiger partial charge on any atom is 0.276 e. The number of methoxy groups -OCH3 is 1. The molecule has 25 heavy (non-hydrogen) atoms. The molecular formula is C20H25NO3S. The smallest absolute Gasteiger partial charge is 0.276 e. The van der Waals surface area contributed by atoms with E-state index in [2.05, 4.69) is 63.0 Å². The number of aromatic hydroxyl groups is 1.